The van der Waals surface area contributed by atoms with Gasteiger partial charge in [-0.1, -0.05) is 0 Å². The zero-order valence-corrected chi connectivity index (χ0v) is 9.33. The van der Waals surface area contributed by atoms with Crippen LogP contribution in [0.25, 0.3) is 0 Å². The molecular weight excluding hydrogens is 183 g/mol. The Labute approximate surface area is 68.2 Å². The van der Waals surface area contributed by atoms with E-state index in [1.807, 2.05) is 5.32 Å². The normalized spacial score (nSPS) is 6.20. The fraction of sp³-hybridized carbons (Fsp3) is 0.500. The molecular formula is C4H13N5Zn. The van der Waals surface area contributed by atoms with E-state index in [2.05, 4.69) is 11.0 Å². The van der Waals surface area contributed by atoms with Crippen molar-refractivity contribution in [2.75, 3.05) is 0 Å². The van der Waals surface area contributed by atoms with Crippen LogP contribution in [-0.4, -0.2) is 11.9 Å². The van der Waals surface area contributed by atoms with E-state index < -0.39 is 0 Å². The second kappa shape index (κ2) is 8.36. The van der Waals surface area contributed by atoms with Gasteiger partial charge in [-0.15, -0.1) is 0 Å². The van der Waals surface area contributed by atoms with Crippen LogP contribution in [0.4, 0.5) is 0 Å². The van der Waals surface area contributed by atoms with E-state index >= 15 is 0 Å². The number of hydrogen-bond donors (Lipinski definition) is 5. The predicted octanol–water partition coefficient (Wildman–Crippen LogP) is -0.472. The summed E-state index contributed by atoms with van der Waals surface area (Å²) in [6.07, 6.45) is 0. The van der Waals surface area contributed by atoms with E-state index in [0.29, 0.717) is 0 Å². The number of guanidine groups is 2. The van der Waals surface area contributed by atoms with Gasteiger partial charge in [-0.2, -0.15) is 0 Å². The summed E-state index contributed by atoms with van der Waals surface area (Å²) in [6.45, 7) is 0. The SMILES string of the molecule is N=C(N)NC(=N)N.[CH3][Zn][CH3]. The van der Waals surface area contributed by atoms with Gasteiger partial charge in [0.05, 0.1) is 0 Å². The van der Waals surface area contributed by atoms with Crippen molar-refractivity contribution in [3.05, 3.63) is 0 Å². The molecule has 0 aliphatic rings. The number of hydrogen-bond acceptors (Lipinski definition) is 2. The van der Waals surface area contributed by atoms with E-state index in [1.165, 1.54) is 0 Å². The Morgan fingerprint density at radius 1 is 1.20 bits per heavy atom. The average Bonchev–Trinajstić information content (AvgIpc) is 1.62. The minimum atomic E-state index is -0.312. The molecule has 0 heterocycles. The van der Waals surface area contributed by atoms with Crippen LogP contribution in [-0.2, 0) is 17.1 Å². The van der Waals surface area contributed by atoms with Gasteiger partial charge in [0, 0.05) is 0 Å². The molecule has 0 rings (SSSR count). The third-order valence-corrected chi connectivity index (χ3v) is 0.269. The topological polar surface area (TPSA) is 112 Å². The summed E-state index contributed by atoms with van der Waals surface area (Å²) in [5, 5.41) is 15.0. The molecule has 0 spiro atoms. The van der Waals surface area contributed by atoms with Crippen molar-refractivity contribution < 1.29 is 17.1 Å². The van der Waals surface area contributed by atoms with Crippen LogP contribution in [0.2, 0.25) is 11.0 Å². The Bertz CT molecular complexity index is 100. The molecule has 7 N–H and O–H groups in total. The van der Waals surface area contributed by atoms with E-state index in [4.69, 9.17) is 22.3 Å². The molecule has 0 aromatic heterocycles. The molecule has 0 radical (unpaired) electrons. The van der Waals surface area contributed by atoms with E-state index in [-0.39, 0.29) is 29.0 Å². The Balaban J connectivity index is 0. The third-order valence-electron chi connectivity index (χ3n) is 0.269. The molecule has 10 heavy (non-hydrogen) atoms. The number of rotatable bonds is 0. The molecule has 0 fully saturated rings. The molecule has 6 heteroatoms. The fourth-order valence-corrected chi connectivity index (χ4v) is 0.145. The van der Waals surface area contributed by atoms with Crippen molar-refractivity contribution in [3.8, 4) is 0 Å². The molecule has 0 saturated heterocycles. The molecule has 0 aromatic carbocycles. The summed E-state index contributed by atoms with van der Waals surface area (Å²) in [5.41, 5.74) is 14.1. The standard InChI is InChI=1S/C2H7N5.2CH3.Zn/c3-1(4)7-2(5)6;;;/h(H7,3,4,5,6,7);2*1H3;. The molecule has 5 nitrogen and oxygen atoms in total. The molecule has 0 amide bonds. The van der Waals surface area contributed by atoms with Crippen molar-refractivity contribution in [2.45, 2.75) is 11.0 Å². The van der Waals surface area contributed by atoms with Gasteiger partial charge >= 0.3 is 28.2 Å². The minimum absolute atomic E-state index is 0.125. The van der Waals surface area contributed by atoms with Gasteiger partial charge in [-0.3, -0.25) is 16.1 Å². The van der Waals surface area contributed by atoms with E-state index in [0.717, 1.165) is 0 Å². The first-order valence-corrected chi connectivity index (χ1v) is 8.93. The van der Waals surface area contributed by atoms with Crippen LogP contribution in [0.15, 0.2) is 0 Å². The first-order chi connectivity index (χ1) is 4.54. The molecule has 0 unspecified atom stereocenters. The molecule has 0 bridgehead atoms. The number of nitrogens with two attached hydrogens (primary N) is 2. The molecule has 0 aliphatic carbocycles. The summed E-state index contributed by atoms with van der Waals surface area (Å²) >= 11 is 0.125. The fourth-order valence-electron chi connectivity index (χ4n) is 0.145. The maximum absolute atomic E-state index is 6.47. The van der Waals surface area contributed by atoms with Gasteiger partial charge in [0.1, 0.15) is 0 Å². The predicted molar refractivity (Wildman–Crippen MR) is 38.7 cm³/mol. The first-order valence-electron chi connectivity index (χ1n) is 2.99. The average molecular weight is 197 g/mol. The van der Waals surface area contributed by atoms with Crippen LogP contribution in [0.3, 0.4) is 0 Å². The monoisotopic (exact) mass is 195 g/mol. The molecule has 0 aromatic rings. The zero-order chi connectivity index (χ0) is 8.57. The molecule has 0 atom stereocenters. The molecule has 56 valence electrons. The van der Waals surface area contributed by atoms with Crippen LogP contribution in [0.5, 0.6) is 0 Å². The second-order valence-corrected chi connectivity index (χ2v) is 4.63. The van der Waals surface area contributed by atoms with Gasteiger partial charge in [-0.05, 0) is 0 Å². The van der Waals surface area contributed by atoms with E-state index in [9.17, 15) is 0 Å². The summed E-state index contributed by atoms with van der Waals surface area (Å²) < 4.78 is 0. The first kappa shape index (κ1) is 12.1. The zero-order valence-electron chi connectivity index (χ0n) is 6.36. The molecule has 0 saturated carbocycles. The Kier molecular flexibility index (Phi) is 10.1. The van der Waals surface area contributed by atoms with Crippen molar-refractivity contribution in [1.82, 2.24) is 5.32 Å². The maximum atomic E-state index is 6.47. The Morgan fingerprint density at radius 2 is 1.40 bits per heavy atom. The van der Waals surface area contributed by atoms with Crippen molar-refractivity contribution in [2.24, 2.45) is 11.5 Å². The molecule has 0 aliphatic heterocycles. The quantitative estimate of drug-likeness (QED) is 0.205. The van der Waals surface area contributed by atoms with Gasteiger partial charge in [-0.25, -0.2) is 0 Å². The van der Waals surface area contributed by atoms with Crippen LogP contribution in [0.1, 0.15) is 0 Å². The van der Waals surface area contributed by atoms with Gasteiger partial charge in [0.15, 0.2) is 11.9 Å². The van der Waals surface area contributed by atoms with Gasteiger partial charge in [0.2, 0.25) is 0 Å². The van der Waals surface area contributed by atoms with Gasteiger partial charge < -0.3 is 11.5 Å². The van der Waals surface area contributed by atoms with Crippen LogP contribution in [0, 0.1) is 10.8 Å². The van der Waals surface area contributed by atoms with Crippen molar-refractivity contribution in [3.63, 3.8) is 0 Å². The van der Waals surface area contributed by atoms with Gasteiger partial charge in [0.25, 0.3) is 0 Å². The van der Waals surface area contributed by atoms with Crippen molar-refractivity contribution in [1.29, 1.82) is 10.8 Å². The summed E-state index contributed by atoms with van der Waals surface area (Å²) in [6, 6.07) is 0. The Morgan fingerprint density at radius 3 is 1.40 bits per heavy atom. The summed E-state index contributed by atoms with van der Waals surface area (Å²) in [5.74, 6) is -0.625. The summed E-state index contributed by atoms with van der Waals surface area (Å²) in [7, 11) is 0. The van der Waals surface area contributed by atoms with Crippen molar-refractivity contribution >= 4 is 11.9 Å². The third kappa shape index (κ3) is 26.4. The second-order valence-electron chi connectivity index (χ2n) is 1.66. The van der Waals surface area contributed by atoms with Crippen LogP contribution >= 0.6 is 0 Å². The Hall–Kier alpha value is -0.637. The summed E-state index contributed by atoms with van der Waals surface area (Å²) in [4.78, 5) is 0. The van der Waals surface area contributed by atoms with Crippen LogP contribution < -0.4 is 16.8 Å². The number of nitrogens with one attached hydrogen (secondary N) is 3. The van der Waals surface area contributed by atoms with E-state index in [1.54, 1.807) is 0 Å².